The Morgan fingerprint density at radius 3 is 2.59 bits per heavy atom. The van der Waals surface area contributed by atoms with Crippen molar-refractivity contribution >= 4 is 50.5 Å². The van der Waals surface area contributed by atoms with Gasteiger partial charge in [0.25, 0.3) is 0 Å². The number of furan rings is 1. The highest BCUT2D eigenvalue weighted by atomic mass is 79.9. The van der Waals surface area contributed by atoms with Crippen LogP contribution in [0.3, 0.4) is 0 Å². The van der Waals surface area contributed by atoms with Crippen LogP contribution < -0.4 is 10.2 Å². The van der Waals surface area contributed by atoms with Gasteiger partial charge in [-0.2, -0.15) is 0 Å². The Balaban J connectivity index is 1.60. The first-order chi connectivity index (χ1) is 15.5. The minimum Gasteiger partial charge on any atom is -0.459 e. The summed E-state index contributed by atoms with van der Waals surface area (Å²) in [4.78, 5) is 6.55. The molecule has 1 aliphatic rings. The third-order valence-corrected chi connectivity index (χ3v) is 6.54. The van der Waals surface area contributed by atoms with E-state index in [-0.39, 0.29) is 17.9 Å². The molecule has 1 fully saturated rings. The molecule has 2 aromatic heterocycles. The number of aromatic nitrogens is 1. The molecule has 4 nitrogen and oxygen atoms in total. The van der Waals surface area contributed by atoms with E-state index in [4.69, 9.17) is 28.2 Å². The third kappa shape index (κ3) is 3.92. The summed E-state index contributed by atoms with van der Waals surface area (Å²) in [5.41, 5.74) is 2.49. The fraction of sp³-hybridized carbons (Fsp3) is 0.0833. The number of benzene rings is 2. The number of halogens is 3. The summed E-state index contributed by atoms with van der Waals surface area (Å²) in [7, 11) is 0. The number of hydrogen-bond acceptors (Lipinski definition) is 3. The van der Waals surface area contributed by atoms with Crippen molar-refractivity contribution in [2.75, 3.05) is 4.90 Å². The molecule has 5 rings (SSSR count). The molecule has 4 aromatic rings. The summed E-state index contributed by atoms with van der Waals surface area (Å²) >= 11 is 15.2. The molecule has 8 heteroatoms. The zero-order valence-corrected chi connectivity index (χ0v) is 19.7. The first kappa shape index (κ1) is 21.1. The van der Waals surface area contributed by atoms with E-state index in [1.165, 1.54) is 12.1 Å². The lowest BCUT2D eigenvalue weighted by atomic mass is 10.0. The van der Waals surface area contributed by atoms with Gasteiger partial charge in [0, 0.05) is 26.9 Å². The van der Waals surface area contributed by atoms with Gasteiger partial charge in [-0.15, -0.1) is 0 Å². The molecule has 0 amide bonds. The molecule has 0 bridgehead atoms. The zero-order chi connectivity index (χ0) is 22.2. The zero-order valence-electron chi connectivity index (χ0n) is 16.5. The lowest BCUT2D eigenvalue weighted by Crippen LogP contribution is -2.29. The van der Waals surface area contributed by atoms with E-state index < -0.39 is 0 Å². The molecule has 0 aliphatic carbocycles. The Kier molecular flexibility index (Phi) is 5.71. The Morgan fingerprint density at radius 1 is 1.06 bits per heavy atom. The van der Waals surface area contributed by atoms with Crippen LogP contribution in [-0.4, -0.2) is 10.1 Å². The molecule has 3 heterocycles. The van der Waals surface area contributed by atoms with Gasteiger partial charge in [0.05, 0.1) is 11.7 Å². The molecular weight excluding hydrogens is 513 g/mol. The maximum atomic E-state index is 13.6. The number of nitrogens with zero attached hydrogens (tertiary/aromatic N) is 2. The van der Waals surface area contributed by atoms with Crippen LogP contribution in [0.25, 0.3) is 11.3 Å². The average Bonchev–Trinajstić information content (AvgIpc) is 3.39. The summed E-state index contributed by atoms with van der Waals surface area (Å²) in [5, 5.41) is 4.60. The molecule has 0 unspecified atom stereocenters. The van der Waals surface area contributed by atoms with E-state index in [2.05, 4.69) is 26.2 Å². The molecule has 0 radical (unpaired) electrons. The van der Waals surface area contributed by atoms with Crippen LogP contribution >= 0.6 is 39.7 Å². The Hall–Kier alpha value is -2.74. The van der Waals surface area contributed by atoms with Gasteiger partial charge in [0.2, 0.25) is 0 Å². The Bertz CT molecular complexity index is 1280. The summed E-state index contributed by atoms with van der Waals surface area (Å²) in [6, 6.07) is 21.1. The highest BCUT2D eigenvalue weighted by molar-refractivity contribution is 9.10. The summed E-state index contributed by atoms with van der Waals surface area (Å²) in [6.45, 7) is 0. The first-order valence-corrected chi connectivity index (χ1v) is 11.4. The van der Waals surface area contributed by atoms with Gasteiger partial charge in [-0.3, -0.25) is 4.98 Å². The molecule has 1 aliphatic heterocycles. The van der Waals surface area contributed by atoms with E-state index in [1.54, 1.807) is 12.3 Å². The molecule has 160 valence electrons. The van der Waals surface area contributed by atoms with Crippen LogP contribution in [0.4, 0.5) is 10.1 Å². The van der Waals surface area contributed by atoms with E-state index in [0.29, 0.717) is 26.1 Å². The van der Waals surface area contributed by atoms with Gasteiger partial charge in [0.15, 0.2) is 5.11 Å². The molecule has 32 heavy (non-hydrogen) atoms. The van der Waals surface area contributed by atoms with Crippen molar-refractivity contribution in [3.8, 4) is 11.3 Å². The second kappa shape index (κ2) is 8.65. The van der Waals surface area contributed by atoms with Crippen molar-refractivity contribution in [2.45, 2.75) is 12.1 Å². The number of hydrogen-bond donors (Lipinski definition) is 1. The minimum absolute atomic E-state index is 0.227. The standard InChI is InChI=1S/C24H16BrClFN3OS/c25-18-13-15(27)6-9-17(18)20-10-11-21(31-20)23-22(19-3-1-2-12-28-19)29-24(32)30(23)16-7-4-14(26)5-8-16/h1-13,22-23H,(H,29,32)/t22-,23-/m0/s1. The van der Waals surface area contributed by atoms with Crippen LogP contribution in [0.5, 0.6) is 0 Å². The number of thiocarbonyl (C=S) groups is 1. The molecule has 2 atom stereocenters. The Labute approximate surface area is 203 Å². The summed E-state index contributed by atoms with van der Waals surface area (Å²) < 4.78 is 20.5. The third-order valence-electron chi connectivity index (χ3n) is 5.32. The van der Waals surface area contributed by atoms with Crippen molar-refractivity contribution in [3.63, 3.8) is 0 Å². The molecule has 2 aromatic carbocycles. The second-order valence-corrected chi connectivity index (χ2v) is 8.98. The summed E-state index contributed by atoms with van der Waals surface area (Å²) in [6.07, 6.45) is 1.76. The lowest BCUT2D eigenvalue weighted by Gasteiger charge is -2.26. The molecule has 0 saturated carbocycles. The predicted molar refractivity (Wildman–Crippen MR) is 131 cm³/mol. The highest BCUT2D eigenvalue weighted by Gasteiger charge is 2.42. The van der Waals surface area contributed by atoms with Crippen molar-refractivity contribution in [3.05, 3.63) is 106 Å². The van der Waals surface area contributed by atoms with Gasteiger partial charge >= 0.3 is 0 Å². The number of pyridine rings is 1. The average molecular weight is 529 g/mol. The van der Waals surface area contributed by atoms with Crippen molar-refractivity contribution in [1.82, 2.24) is 10.3 Å². The molecule has 1 saturated heterocycles. The second-order valence-electron chi connectivity index (χ2n) is 7.30. The number of nitrogens with one attached hydrogen (secondary N) is 1. The SMILES string of the molecule is Fc1ccc(-c2ccc([C@H]3[C@H](c4ccccn4)NC(=S)N3c3ccc(Cl)cc3)o2)c(Br)c1. The normalized spacial score (nSPS) is 18.1. The van der Waals surface area contributed by atoms with E-state index in [1.807, 2.05) is 59.5 Å². The lowest BCUT2D eigenvalue weighted by molar-refractivity contribution is 0.439. The van der Waals surface area contributed by atoms with Gasteiger partial charge in [0.1, 0.15) is 23.4 Å². The number of anilines is 1. The minimum atomic E-state index is -0.318. The van der Waals surface area contributed by atoms with Crippen LogP contribution in [0.2, 0.25) is 5.02 Å². The van der Waals surface area contributed by atoms with E-state index in [0.717, 1.165) is 16.9 Å². The molecule has 1 N–H and O–H groups in total. The van der Waals surface area contributed by atoms with Gasteiger partial charge in [-0.25, -0.2) is 4.39 Å². The van der Waals surface area contributed by atoms with Crippen molar-refractivity contribution in [1.29, 1.82) is 0 Å². The van der Waals surface area contributed by atoms with E-state index >= 15 is 0 Å². The van der Waals surface area contributed by atoms with Gasteiger partial charge < -0.3 is 14.6 Å². The predicted octanol–water partition coefficient (Wildman–Crippen LogP) is 7.07. The molecule has 0 spiro atoms. The quantitative estimate of drug-likeness (QED) is 0.287. The fourth-order valence-corrected chi connectivity index (χ4v) is 4.89. The van der Waals surface area contributed by atoms with Gasteiger partial charge in [-0.1, -0.05) is 17.7 Å². The van der Waals surface area contributed by atoms with Crippen LogP contribution in [-0.2, 0) is 0 Å². The van der Waals surface area contributed by atoms with Crippen molar-refractivity contribution in [2.24, 2.45) is 0 Å². The maximum absolute atomic E-state index is 13.6. The fourth-order valence-electron chi connectivity index (χ4n) is 3.87. The first-order valence-electron chi connectivity index (χ1n) is 9.82. The number of rotatable bonds is 4. The van der Waals surface area contributed by atoms with Crippen molar-refractivity contribution < 1.29 is 8.81 Å². The van der Waals surface area contributed by atoms with Gasteiger partial charge in [-0.05, 0) is 94.9 Å². The summed E-state index contributed by atoms with van der Waals surface area (Å²) in [5.74, 6) is 1.01. The topological polar surface area (TPSA) is 41.3 Å². The van der Waals surface area contributed by atoms with Crippen LogP contribution in [0.1, 0.15) is 23.5 Å². The van der Waals surface area contributed by atoms with Crippen LogP contribution in [0, 0.1) is 5.82 Å². The maximum Gasteiger partial charge on any atom is 0.174 e. The Morgan fingerprint density at radius 2 is 1.88 bits per heavy atom. The van der Waals surface area contributed by atoms with E-state index in [9.17, 15) is 4.39 Å². The smallest absolute Gasteiger partial charge is 0.174 e. The monoisotopic (exact) mass is 527 g/mol. The highest BCUT2D eigenvalue weighted by Crippen LogP contribution is 2.43. The molecular formula is C24H16BrClFN3OS. The van der Waals surface area contributed by atoms with Crippen LogP contribution in [0.15, 0.2) is 87.9 Å². The largest absolute Gasteiger partial charge is 0.459 e.